The number of nitrogens with two attached hydrogens (primary N) is 2. The van der Waals surface area contributed by atoms with Gasteiger partial charge < -0.3 is 20.8 Å². The molecular formula is C23H25ClN6O2. The van der Waals surface area contributed by atoms with Crippen LogP contribution in [-0.4, -0.2) is 51.1 Å². The third kappa shape index (κ3) is 3.18. The highest BCUT2D eigenvalue weighted by molar-refractivity contribution is 6.34. The molecule has 0 bridgehead atoms. The Morgan fingerprint density at radius 3 is 2.75 bits per heavy atom. The zero-order chi connectivity index (χ0) is 22.6. The summed E-state index contributed by atoms with van der Waals surface area (Å²) in [6.07, 6.45) is 2.53. The van der Waals surface area contributed by atoms with Gasteiger partial charge in [0, 0.05) is 43.2 Å². The van der Waals surface area contributed by atoms with Crippen LogP contribution in [0.4, 0.5) is 5.69 Å². The summed E-state index contributed by atoms with van der Waals surface area (Å²) >= 11 is 7.02. The molecule has 5 rings (SSSR count). The highest BCUT2D eigenvalue weighted by atomic mass is 35.5. The number of carbonyl (C=O) groups is 1. The number of nitrogens with zero attached hydrogens (tertiary/aromatic N) is 4. The molecule has 0 saturated carbocycles. The number of pyridine rings is 1. The second kappa shape index (κ2) is 7.88. The van der Waals surface area contributed by atoms with Crippen molar-refractivity contribution in [2.24, 2.45) is 12.8 Å². The molecule has 4 N–H and O–H groups in total. The lowest BCUT2D eigenvalue weighted by Gasteiger charge is -2.44. The van der Waals surface area contributed by atoms with Crippen molar-refractivity contribution in [3.05, 3.63) is 63.8 Å². The Morgan fingerprint density at radius 2 is 2.06 bits per heavy atom. The maximum Gasteiger partial charge on any atom is 0.284 e. The van der Waals surface area contributed by atoms with Crippen LogP contribution < -0.4 is 11.5 Å². The topological polar surface area (TPSA) is 112 Å². The molecule has 0 radical (unpaired) electrons. The lowest BCUT2D eigenvalue weighted by Crippen LogP contribution is -2.53. The lowest BCUT2D eigenvalue weighted by atomic mass is 9.92. The SMILES string of the molecule is Cc1c(N)cccc1-c1nccc(C2c3nc(C(N)=O)n(C)c3CCN2C2COC2)c1Cl. The number of ether oxygens (including phenoxy) is 1. The molecule has 0 aliphatic carbocycles. The summed E-state index contributed by atoms with van der Waals surface area (Å²) in [5.41, 5.74) is 17.6. The number of benzene rings is 1. The molecular weight excluding hydrogens is 428 g/mol. The van der Waals surface area contributed by atoms with E-state index < -0.39 is 5.91 Å². The van der Waals surface area contributed by atoms with Crippen molar-refractivity contribution in [2.45, 2.75) is 25.4 Å². The molecule has 2 aromatic heterocycles. The van der Waals surface area contributed by atoms with E-state index in [1.54, 1.807) is 10.8 Å². The predicted octanol–water partition coefficient (Wildman–Crippen LogP) is 2.47. The van der Waals surface area contributed by atoms with Crippen LogP contribution in [0.15, 0.2) is 30.5 Å². The van der Waals surface area contributed by atoms with E-state index in [1.165, 1.54) is 0 Å². The van der Waals surface area contributed by atoms with Crippen LogP contribution in [0.2, 0.25) is 5.02 Å². The quantitative estimate of drug-likeness (QED) is 0.588. The number of anilines is 1. The van der Waals surface area contributed by atoms with Crippen molar-refractivity contribution in [1.29, 1.82) is 0 Å². The van der Waals surface area contributed by atoms with Crippen molar-refractivity contribution < 1.29 is 9.53 Å². The van der Waals surface area contributed by atoms with Gasteiger partial charge in [0.15, 0.2) is 5.82 Å². The average molecular weight is 453 g/mol. The van der Waals surface area contributed by atoms with E-state index in [0.717, 1.165) is 41.0 Å². The van der Waals surface area contributed by atoms with Crippen LogP contribution >= 0.6 is 11.6 Å². The molecule has 166 valence electrons. The van der Waals surface area contributed by atoms with Gasteiger partial charge in [0.25, 0.3) is 5.91 Å². The molecule has 1 aromatic carbocycles. The minimum atomic E-state index is -0.545. The van der Waals surface area contributed by atoms with Gasteiger partial charge in [0.05, 0.1) is 41.7 Å². The number of carbonyl (C=O) groups excluding carboxylic acids is 1. The summed E-state index contributed by atoms with van der Waals surface area (Å²) in [6, 6.07) is 7.69. The van der Waals surface area contributed by atoms with Gasteiger partial charge in [-0.1, -0.05) is 23.7 Å². The Balaban J connectivity index is 1.69. The molecule has 4 heterocycles. The summed E-state index contributed by atoms with van der Waals surface area (Å²) in [5, 5.41) is 0.551. The first-order chi connectivity index (χ1) is 15.4. The number of fused-ring (bicyclic) bond motifs is 1. The predicted molar refractivity (Wildman–Crippen MR) is 122 cm³/mol. The number of nitrogen functional groups attached to an aromatic ring is 1. The van der Waals surface area contributed by atoms with Crippen molar-refractivity contribution in [2.75, 3.05) is 25.5 Å². The number of amides is 1. The van der Waals surface area contributed by atoms with E-state index in [2.05, 4.69) is 14.9 Å². The summed E-state index contributed by atoms with van der Waals surface area (Å²) in [4.78, 5) is 23.6. The standard InChI is InChI=1S/C23H25ClN6O2/c1-12-14(4-3-5-16(12)25)19-18(24)15(6-8-27-19)21-20-17(29(2)23(28-20)22(26)31)7-9-30(21)13-10-32-11-13/h3-6,8,13,21H,7,9-11,25H2,1-2H3,(H2,26,31). The molecule has 8 nitrogen and oxygen atoms in total. The van der Waals surface area contributed by atoms with Gasteiger partial charge >= 0.3 is 0 Å². The number of halogens is 1. The van der Waals surface area contributed by atoms with Gasteiger partial charge in [-0.25, -0.2) is 4.98 Å². The van der Waals surface area contributed by atoms with Crippen LogP contribution in [0, 0.1) is 6.92 Å². The van der Waals surface area contributed by atoms with Crippen molar-refractivity contribution in [3.8, 4) is 11.3 Å². The van der Waals surface area contributed by atoms with Gasteiger partial charge in [0.2, 0.25) is 0 Å². The molecule has 1 saturated heterocycles. The Kier molecular flexibility index (Phi) is 5.16. The fourth-order valence-electron chi connectivity index (χ4n) is 4.71. The van der Waals surface area contributed by atoms with Gasteiger partial charge in [-0.2, -0.15) is 0 Å². The summed E-state index contributed by atoms with van der Waals surface area (Å²) in [5.74, 6) is -0.292. The molecule has 1 fully saturated rings. The minimum absolute atomic E-state index is 0.234. The lowest BCUT2D eigenvalue weighted by molar-refractivity contribution is -0.0776. The van der Waals surface area contributed by atoms with E-state index in [9.17, 15) is 4.79 Å². The molecule has 2 aliphatic heterocycles. The number of hydrogen-bond donors (Lipinski definition) is 2. The number of imidazole rings is 1. The van der Waals surface area contributed by atoms with Gasteiger partial charge in [-0.15, -0.1) is 0 Å². The first kappa shape index (κ1) is 20.9. The molecule has 9 heteroatoms. The zero-order valence-electron chi connectivity index (χ0n) is 18.0. The maximum absolute atomic E-state index is 12.0. The van der Waals surface area contributed by atoms with Crippen LogP contribution in [0.3, 0.4) is 0 Å². The number of hydrogen-bond acceptors (Lipinski definition) is 6. The first-order valence-electron chi connectivity index (χ1n) is 10.6. The largest absolute Gasteiger partial charge is 0.398 e. The van der Waals surface area contributed by atoms with Crippen molar-refractivity contribution >= 4 is 23.2 Å². The van der Waals surface area contributed by atoms with Crippen LogP contribution in [0.1, 0.15) is 39.2 Å². The fraction of sp³-hybridized carbons (Fsp3) is 0.348. The van der Waals surface area contributed by atoms with Crippen molar-refractivity contribution in [1.82, 2.24) is 19.4 Å². The number of aromatic nitrogens is 3. The maximum atomic E-state index is 12.0. The molecule has 1 amide bonds. The van der Waals surface area contributed by atoms with Crippen LogP contribution in [-0.2, 0) is 18.2 Å². The molecule has 2 aliphatic rings. The molecule has 0 spiro atoms. The Bertz CT molecular complexity index is 1220. The Hall–Kier alpha value is -2.94. The van der Waals surface area contributed by atoms with E-state index in [0.29, 0.717) is 29.6 Å². The second-order valence-corrected chi connectivity index (χ2v) is 8.73. The smallest absolute Gasteiger partial charge is 0.284 e. The van der Waals surface area contributed by atoms with Gasteiger partial charge in [-0.3, -0.25) is 14.7 Å². The number of primary amides is 1. The van der Waals surface area contributed by atoms with Crippen LogP contribution in [0.25, 0.3) is 11.3 Å². The molecule has 1 atom stereocenters. The summed E-state index contributed by atoms with van der Waals surface area (Å²) in [7, 11) is 1.83. The van der Waals surface area contributed by atoms with E-state index in [4.69, 9.17) is 27.8 Å². The summed E-state index contributed by atoms with van der Waals surface area (Å²) < 4.78 is 7.28. The highest BCUT2D eigenvalue weighted by Crippen LogP contribution is 2.43. The molecule has 32 heavy (non-hydrogen) atoms. The van der Waals surface area contributed by atoms with Gasteiger partial charge in [-0.05, 0) is 30.2 Å². The van der Waals surface area contributed by atoms with Gasteiger partial charge in [0.1, 0.15) is 0 Å². The normalized spacial score (nSPS) is 18.9. The summed E-state index contributed by atoms with van der Waals surface area (Å²) in [6.45, 7) is 4.08. The Morgan fingerprint density at radius 1 is 1.28 bits per heavy atom. The van der Waals surface area contributed by atoms with E-state index in [-0.39, 0.29) is 17.9 Å². The first-order valence-corrected chi connectivity index (χ1v) is 10.9. The monoisotopic (exact) mass is 452 g/mol. The van der Waals surface area contributed by atoms with E-state index in [1.807, 2.05) is 38.2 Å². The average Bonchev–Trinajstić information content (AvgIpc) is 3.06. The minimum Gasteiger partial charge on any atom is -0.398 e. The molecule has 1 unspecified atom stereocenters. The Labute approximate surface area is 191 Å². The number of rotatable bonds is 4. The van der Waals surface area contributed by atoms with E-state index >= 15 is 0 Å². The third-order valence-corrected chi connectivity index (χ3v) is 6.99. The highest BCUT2D eigenvalue weighted by Gasteiger charge is 2.41. The third-order valence-electron chi connectivity index (χ3n) is 6.60. The molecule has 3 aromatic rings. The van der Waals surface area contributed by atoms with Crippen LogP contribution in [0.5, 0.6) is 0 Å². The van der Waals surface area contributed by atoms with Crippen molar-refractivity contribution in [3.63, 3.8) is 0 Å². The fourth-order valence-corrected chi connectivity index (χ4v) is 5.03. The second-order valence-electron chi connectivity index (χ2n) is 8.35. The zero-order valence-corrected chi connectivity index (χ0v) is 18.8.